The Balaban J connectivity index is 1.94. The minimum atomic E-state index is -4.79. The summed E-state index contributed by atoms with van der Waals surface area (Å²) in [5.41, 5.74) is 0.631. The van der Waals surface area contributed by atoms with E-state index in [0.717, 1.165) is 16.4 Å². The summed E-state index contributed by atoms with van der Waals surface area (Å²) in [7, 11) is 0.490. The van der Waals surface area contributed by atoms with Crippen molar-refractivity contribution in [1.82, 2.24) is 14.5 Å². The van der Waals surface area contributed by atoms with E-state index in [2.05, 4.69) is 10.1 Å². The maximum Gasteiger partial charge on any atom is 0.573 e. The highest BCUT2D eigenvalue weighted by Crippen LogP contribution is 2.23. The van der Waals surface area contributed by atoms with Gasteiger partial charge < -0.3 is 15.0 Å². The number of nitrogens with one attached hydrogen (secondary N) is 1. The monoisotopic (exact) mass is 473 g/mol. The van der Waals surface area contributed by atoms with E-state index in [-0.39, 0.29) is 29.3 Å². The molecule has 12 heteroatoms. The van der Waals surface area contributed by atoms with Crippen LogP contribution in [0.1, 0.15) is 15.9 Å². The number of alkyl halides is 3. The second-order valence-corrected chi connectivity index (χ2v) is 9.09. The number of hydrogen-bond donors (Lipinski definition) is 1. The third-order valence-electron chi connectivity index (χ3n) is 4.28. The molecule has 0 spiro atoms. The van der Waals surface area contributed by atoms with Gasteiger partial charge in [-0.15, -0.1) is 13.2 Å². The van der Waals surface area contributed by atoms with Crippen LogP contribution in [0.25, 0.3) is 0 Å². The highest BCUT2D eigenvalue weighted by molar-refractivity contribution is 7.89. The first-order valence-corrected chi connectivity index (χ1v) is 10.6. The lowest BCUT2D eigenvalue weighted by Gasteiger charge is -2.18. The van der Waals surface area contributed by atoms with Crippen molar-refractivity contribution in [2.75, 3.05) is 27.7 Å². The normalized spacial score (nSPS) is 11.8. The molecule has 0 fully saturated rings. The average molecular weight is 473 g/mol. The number of nitrogens with zero attached hydrogens (tertiary/aromatic N) is 2. The molecule has 0 aromatic heterocycles. The Kier molecular flexibility index (Phi) is 7.86. The van der Waals surface area contributed by atoms with E-state index in [1.807, 2.05) is 0 Å². The number of carbonyl (C=O) groups excluding carboxylic acids is 2. The minimum absolute atomic E-state index is 0.0588. The summed E-state index contributed by atoms with van der Waals surface area (Å²) in [6.07, 6.45) is -4.79. The van der Waals surface area contributed by atoms with Crippen LogP contribution in [0, 0.1) is 0 Å². The van der Waals surface area contributed by atoms with Crippen LogP contribution in [0.15, 0.2) is 53.4 Å². The number of likely N-dealkylation sites (N-methyl/N-ethyl adjacent to an activating group) is 1. The predicted octanol–water partition coefficient (Wildman–Crippen LogP) is 2.22. The number of sulfonamides is 1. The molecular weight excluding hydrogens is 451 g/mol. The molecule has 0 saturated carbocycles. The summed E-state index contributed by atoms with van der Waals surface area (Å²) in [5.74, 6) is -1.46. The second-order valence-electron chi connectivity index (χ2n) is 6.94. The Hall–Kier alpha value is -3.12. The van der Waals surface area contributed by atoms with Crippen LogP contribution in [0.4, 0.5) is 13.2 Å². The molecule has 0 aliphatic carbocycles. The zero-order valence-electron chi connectivity index (χ0n) is 17.5. The van der Waals surface area contributed by atoms with Crippen LogP contribution >= 0.6 is 0 Å². The van der Waals surface area contributed by atoms with E-state index in [9.17, 15) is 31.2 Å². The van der Waals surface area contributed by atoms with E-state index in [1.165, 1.54) is 62.4 Å². The van der Waals surface area contributed by atoms with Gasteiger partial charge in [0.1, 0.15) is 5.75 Å². The molecule has 0 saturated heterocycles. The van der Waals surface area contributed by atoms with Crippen molar-refractivity contribution in [3.8, 4) is 5.75 Å². The van der Waals surface area contributed by atoms with Crippen molar-refractivity contribution in [1.29, 1.82) is 0 Å². The fourth-order valence-corrected chi connectivity index (χ4v) is 3.51. The molecule has 1 N–H and O–H groups in total. The van der Waals surface area contributed by atoms with Crippen LogP contribution in [0.5, 0.6) is 5.75 Å². The quantitative estimate of drug-likeness (QED) is 0.635. The summed E-state index contributed by atoms with van der Waals surface area (Å²) >= 11 is 0. The van der Waals surface area contributed by atoms with Crippen LogP contribution < -0.4 is 10.1 Å². The maximum atomic E-state index is 12.3. The number of ether oxygens (including phenoxy) is 1. The van der Waals surface area contributed by atoms with Gasteiger partial charge in [0.2, 0.25) is 15.9 Å². The van der Waals surface area contributed by atoms with Crippen LogP contribution in [-0.2, 0) is 21.4 Å². The topological polar surface area (TPSA) is 96.0 Å². The van der Waals surface area contributed by atoms with E-state index in [0.29, 0.717) is 5.56 Å². The highest BCUT2D eigenvalue weighted by Gasteiger charge is 2.31. The largest absolute Gasteiger partial charge is 0.573 e. The van der Waals surface area contributed by atoms with Crippen molar-refractivity contribution >= 4 is 21.8 Å². The third-order valence-corrected chi connectivity index (χ3v) is 6.09. The summed E-state index contributed by atoms with van der Waals surface area (Å²) in [4.78, 5) is 25.8. The summed E-state index contributed by atoms with van der Waals surface area (Å²) in [5, 5.41) is 2.42. The lowest BCUT2D eigenvalue weighted by molar-refractivity contribution is -0.274. The Labute approximate surface area is 183 Å². The van der Waals surface area contributed by atoms with Crippen molar-refractivity contribution < 1.29 is 35.9 Å². The fraction of sp³-hybridized carbons (Fsp3) is 0.300. The van der Waals surface area contributed by atoms with E-state index < -0.39 is 28.2 Å². The van der Waals surface area contributed by atoms with Crippen molar-refractivity contribution in [2.45, 2.75) is 17.8 Å². The Morgan fingerprint density at radius 1 is 1.03 bits per heavy atom. The molecule has 0 atom stereocenters. The second kappa shape index (κ2) is 10.0. The van der Waals surface area contributed by atoms with Crippen molar-refractivity contribution in [3.63, 3.8) is 0 Å². The number of benzene rings is 2. The van der Waals surface area contributed by atoms with Gasteiger partial charge in [-0.25, -0.2) is 12.7 Å². The number of halogens is 3. The van der Waals surface area contributed by atoms with Crippen molar-refractivity contribution in [3.05, 3.63) is 59.7 Å². The predicted molar refractivity (Wildman–Crippen MR) is 109 cm³/mol. The smallest absolute Gasteiger partial charge is 0.406 e. The maximum absolute atomic E-state index is 12.3. The average Bonchev–Trinajstić information content (AvgIpc) is 2.72. The number of rotatable bonds is 8. The SMILES string of the molecule is CN(Cc1ccc(OC(F)(F)F)cc1)C(=O)CNC(=O)c1cccc(S(=O)(=O)N(C)C)c1. The van der Waals surface area contributed by atoms with Gasteiger partial charge in [-0.05, 0) is 35.9 Å². The van der Waals surface area contributed by atoms with Gasteiger partial charge in [-0.3, -0.25) is 9.59 Å². The summed E-state index contributed by atoms with van der Waals surface area (Å²) in [6.45, 7) is -0.257. The van der Waals surface area contributed by atoms with Gasteiger partial charge in [0.15, 0.2) is 0 Å². The van der Waals surface area contributed by atoms with Crippen LogP contribution in [-0.4, -0.2) is 63.5 Å². The third kappa shape index (κ3) is 6.95. The van der Waals surface area contributed by atoms with E-state index in [4.69, 9.17) is 0 Å². The molecule has 0 bridgehead atoms. The molecule has 174 valence electrons. The van der Waals surface area contributed by atoms with Crippen LogP contribution in [0.2, 0.25) is 0 Å². The molecule has 2 amide bonds. The summed E-state index contributed by atoms with van der Waals surface area (Å²) < 4.78 is 65.8. The molecular formula is C20H22F3N3O5S. The number of amides is 2. The molecule has 0 aliphatic heterocycles. The van der Waals surface area contributed by atoms with Gasteiger partial charge in [0.05, 0.1) is 11.4 Å². The minimum Gasteiger partial charge on any atom is -0.406 e. The lowest BCUT2D eigenvalue weighted by atomic mass is 10.2. The van der Waals surface area contributed by atoms with Gasteiger partial charge in [-0.1, -0.05) is 18.2 Å². The zero-order chi connectivity index (χ0) is 24.1. The van der Waals surface area contributed by atoms with E-state index in [1.54, 1.807) is 0 Å². The van der Waals surface area contributed by atoms with E-state index >= 15 is 0 Å². The van der Waals surface area contributed by atoms with Gasteiger partial charge in [0, 0.05) is 33.3 Å². The Bertz CT molecular complexity index is 1070. The fourth-order valence-electron chi connectivity index (χ4n) is 2.56. The lowest BCUT2D eigenvalue weighted by Crippen LogP contribution is -2.37. The number of hydrogen-bond acceptors (Lipinski definition) is 5. The van der Waals surface area contributed by atoms with Crippen molar-refractivity contribution in [2.24, 2.45) is 0 Å². The van der Waals surface area contributed by atoms with Crippen LogP contribution in [0.3, 0.4) is 0 Å². The first kappa shape index (κ1) is 25.1. The molecule has 8 nitrogen and oxygen atoms in total. The van der Waals surface area contributed by atoms with Gasteiger partial charge >= 0.3 is 6.36 Å². The molecule has 0 unspecified atom stereocenters. The highest BCUT2D eigenvalue weighted by atomic mass is 32.2. The molecule has 0 radical (unpaired) electrons. The first-order chi connectivity index (χ1) is 14.8. The summed E-state index contributed by atoms with van der Waals surface area (Å²) in [6, 6.07) is 10.5. The molecule has 2 aromatic carbocycles. The molecule has 32 heavy (non-hydrogen) atoms. The Morgan fingerprint density at radius 3 is 2.22 bits per heavy atom. The molecule has 2 rings (SSSR count). The van der Waals surface area contributed by atoms with Gasteiger partial charge in [0.25, 0.3) is 5.91 Å². The Morgan fingerprint density at radius 2 is 1.66 bits per heavy atom. The zero-order valence-corrected chi connectivity index (χ0v) is 18.3. The standard InChI is InChI=1S/C20H22F3N3O5S/c1-25(2)32(29,30)17-6-4-5-15(11-17)19(28)24-12-18(27)26(3)13-14-7-9-16(10-8-14)31-20(21,22)23/h4-11H,12-13H2,1-3H3,(H,24,28). The van der Waals surface area contributed by atoms with Gasteiger partial charge in [-0.2, -0.15) is 0 Å². The molecule has 0 aliphatic rings. The molecule has 0 heterocycles. The first-order valence-electron chi connectivity index (χ1n) is 9.19. The molecule has 2 aromatic rings. The number of carbonyl (C=O) groups is 2.